The van der Waals surface area contributed by atoms with Gasteiger partial charge in [-0.2, -0.15) is 5.10 Å². The molecule has 0 aromatic heterocycles. The summed E-state index contributed by atoms with van der Waals surface area (Å²) in [6.45, 7) is 2.70. The summed E-state index contributed by atoms with van der Waals surface area (Å²) in [4.78, 5) is 50.1. The maximum absolute atomic E-state index is 12.8. The number of carbonyl (C=O) groups is 4. The molecule has 0 saturated heterocycles. The number of hydrogen-bond acceptors (Lipinski definition) is 7. The van der Waals surface area contributed by atoms with E-state index in [0.717, 1.165) is 17.3 Å². The molecule has 0 radical (unpaired) electrons. The van der Waals surface area contributed by atoms with E-state index in [9.17, 15) is 19.2 Å². The molecule has 0 aliphatic carbocycles. The van der Waals surface area contributed by atoms with Gasteiger partial charge in [0, 0.05) is 10.2 Å². The molecule has 3 N–H and O–H groups in total. The second kappa shape index (κ2) is 15.8. The van der Waals surface area contributed by atoms with Crippen molar-refractivity contribution in [1.29, 1.82) is 0 Å². The minimum atomic E-state index is -1.03. The molecular formula is C33H29BrN4O6. The van der Waals surface area contributed by atoms with Crippen LogP contribution < -0.4 is 25.5 Å². The van der Waals surface area contributed by atoms with Crippen LogP contribution in [0.25, 0.3) is 0 Å². The summed E-state index contributed by atoms with van der Waals surface area (Å²) in [6, 6.07) is 26.5. The summed E-state index contributed by atoms with van der Waals surface area (Å²) in [6.07, 6.45) is 3.32. The Labute approximate surface area is 262 Å². The Balaban J connectivity index is 1.26. The number of ether oxygens (including phenoxy) is 2. The molecule has 0 spiro atoms. The zero-order valence-electron chi connectivity index (χ0n) is 23.7. The van der Waals surface area contributed by atoms with Crippen molar-refractivity contribution in [3.63, 3.8) is 0 Å². The van der Waals surface area contributed by atoms with Crippen molar-refractivity contribution in [1.82, 2.24) is 5.43 Å². The maximum atomic E-state index is 12.8. The molecule has 0 saturated carbocycles. The maximum Gasteiger partial charge on any atom is 0.343 e. The topological polar surface area (TPSA) is 135 Å². The van der Waals surface area contributed by atoms with Crippen LogP contribution >= 0.6 is 15.9 Å². The number of para-hydroxylation sites is 1. The Morgan fingerprint density at radius 3 is 2.18 bits per heavy atom. The third-order valence-electron chi connectivity index (χ3n) is 6.06. The molecular weight excluding hydrogens is 628 g/mol. The molecule has 0 atom stereocenters. The fourth-order valence-electron chi connectivity index (χ4n) is 3.73. The number of hydrazone groups is 1. The number of rotatable bonds is 11. The highest BCUT2D eigenvalue weighted by molar-refractivity contribution is 9.10. The molecule has 0 unspecified atom stereocenters. The Morgan fingerprint density at radius 1 is 0.795 bits per heavy atom. The van der Waals surface area contributed by atoms with Gasteiger partial charge in [-0.05, 0) is 96.9 Å². The van der Waals surface area contributed by atoms with E-state index in [4.69, 9.17) is 9.47 Å². The number of halogens is 1. The monoisotopic (exact) mass is 656 g/mol. The van der Waals surface area contributed by atoms with Crippen molar-refractivity contribution >= 4 is 57.2 Å². The first-order valence-electron chi connectivity index (χ1n) is 13.7. The zero-order valence-corrected chi connectivity index (χ0v) is 25.3. The molecule has 10 nitrogen and oxygen atoms in total. The number of unbranched alkanes of at least 4 members (excludes halogenated alkanes) is 1. The fraction of sp³-hybridized carbons (Fsp3) is 0.121. The van der Waals surface area contributed by atoms with Crippen LogP contribution in [0.1, 0.15) is 46.0 Å². The standard InChI is InChI=1S/C33H29BrN4O6/c1-2-3-20-43-26-18-10-23(11-19-26)33(42)44-27-16-8-22(9-17-27)21-35-38-32(41)31(40)37-29-7-5-4-6-28(29)30(39)36-25-14-12-24(34)13-15-25/h4-19,21H,2-3,20H2,1H3,(H,36,39)(H,37,40)(H,38,41). The van der Waals surface area contributed by atoms with Crippen LogP contribution in [0.4, 0.5) is 11.4 Å². The number of benzene rings is 4. The van der Waals surface area contributed by atoms with Crippen LogP contribution in [0.3, 0.4) is 0 Å². The summed E-state index contributed by atoms with van der Waals surface area (Å²) >= 11 is 3.34. The lowest BCUT2D eigenvalue weighted by Gasteiger charge is -2.11. The smallest absolute Gasteiger partial charge is 0.343 e. The molecule has 4 aromatic carbocycles. The van der Waals surface area contributed by atoms with Crippen molar-refractivity contribution in [2.24, 2.45) is 5.10 Å². The van der Waals surface area contributed by atoms with Gasteiger partial charge in [0.05, 0.1) is 29.6 Å². The fourth-order valence-corrected chi connectivity index (χ4v) is 3.99. The van der Waals surface area contributed by atoms with E-state index in [1.54, 1.807) is 84.9 Å². The van der Waals surface area contributed by atoms with Gasteiger partial charge >= 0.3 is 17.8 Å². The van der Waals surface area contributed by atoms with Crippen LogP contribution in [0.2, 0.25) is 0 Å². The van der Waals surface area contributed by atoms with E-state index in [1.807, 2.05) is 0 Å². The lowest BCUT2D eigenvalue weighted by molar-refractivity contribution is -0.136. The molecule has 0 heterocycles. The van der Waals surface area contributed by atoms with Gasteiger partial charge < -0.3 is 20.1 Å². The minimum absolute atomic E-state index is 0.160. The van der Waals surface area contributed by atoms with Crippen LogP contribution in [0.5, 0.6) is 11.5 Å². The largest absolute Gasteiger partial charge is 0.494 e. The van der Waals surface area contributed by atoms with Gasteiger partial charge in [0.2, 0.25) is 0 Å². The molecule has 4 rings (SSSR count). The van der Waals surface area contributed by atoms with Gasteiger partial charge in [-0.1, -0.05) is 41.4 Å². The Hall–Kier alpha value is -5.29. The Morgan fingerprint density at radius 2 is 1.48 bits per heavy atom. The predicted octanol–water partition coefficient (Wildman–Crippen LogP) is 6.19. The van der Waals surface area contributed by atoms with E-state index in [-0.39, 0.29) is 11.3 Å². The van der Waals surface area contributed by atoms with E-state index in [0.29, 0.717) is 34.9 Å². The van der Waals surface area contributed by atoms with Crippen molar-refractivity contribution in [3.05, 3.63) is 118 Å². The van der Waals surface area contributed by atoms with Crippen molar-refractivity contribution in [2.75, 3.05) is 17.2 Å². The van der Waals surface area contributed by atoms with E-state index in [1.165, 1.54) is 18.3 Å². The van der Waals surface area contributed by atoms with Gasteiger partial charge in [0.25, 0.3) is 5.91 Å². The van der Waals surface area contributed by atoms with Crippen molar-refractivity contribution < 1.29 is 28.7 Å². The Kier molecular flexibility index (Phi) is 11.4. The van der Waals surface area contributed by atoms with Gasteiger partial charge in [-0.15, -0.1) is 0 Å². The lowest BCUT2D eigenvalue weighted by atomic mass is 10.1. The highest BCUT2D eigenvalue weighted by Gasteiger charge is 2.18. The molecule has 0 fully saturated rings. The lowest BCUT2D eigenvalue weighted by Crippen LogP contribution is -2.33. The van der Waals surface area contributed by atoms with Crippen LogP contribution in [0, 0.1) is 0 Å². The molecule has 3 amide bonds. The number of carbonyl (C=O) groups excluding carboxylic acids is 4. The van der Waals surface area contributed by atoms with E-state index >= 15 is 0 Å². The summed E-state index contributed by atoms with van der Waals surface area (Å²) in [5.41, 5.74) is 4.01. The number of esters is 1. The number of hydrogen-bond donors (Lipinski definition) is 3. The number of anilines is 2. The second-order valence-electron chi connectivity index (χ2n) is 9.34. The zero-order chi connectivity index (χ0) is 31.3. The molecule has 44 heavy (non-hydrogen) atoms. The molecule has 4 aromatic rings. The SMILES string of the molecule is CCCCOc1ccc(C(=O)Oc2ccc(C=NNC(=O)C(=O)Nc3ccccc3C(=O)Nc3ccc(Br)cc3)cc2)cc1. The molecule has 0 aliphatic heterocycles. The minimum Gasteiger partial charge on any atom is -0.494 e. The van der Waals surface area contributed by atoms with Gasteiger partial charge in [-0.3, -0.25) is 14.4 Å². The molecule has 0 bridgehead atoms. The molecule has 224 valence electrons. The van der Waals surface area contributed by atoms with Crippen molar-refractivity contribution in [3.8, 4) is 11.5 Å². The highest BCUT2D eigenvalue weighted by Crippen LogP contribution is 2.20. The first-order chi connectivity index (χ1) is 21.3. The van der Waals surface area contributed by atoms with Gasteiger partial charge in [0.15, 0.2) is 0 Å². The first-order valence-corrected chi connectivity index (χ1v) is 14.5. The van der Waals surface area contributed by atoms with Gasteiger partial charge in [0.1, 0.15) is 11.5 Å². The van der Waals surface area contributed by atoms with Gasteiger partial charge in [-0.25, -0.2) is 10.2 Å². The predicted molar refractivity (Wildman–Crippen MR) is 171 cm³/mol. The first kappa shape index (κ1) is 31.6. The van der Waals surface area contributed by atoms with E-state index in [2.05, 4.69) is 44.0 Å². The summed E-state index contributed by atoms with van der Waals surface area (Å²) in [7, 11) is 0. The molecule has 11 heteroatoms. The summed E-state index contributed by atoms with van der Waals surface area (Å²) in [5, 5.41) is 8.99. The Bertz CT molecular complexity index is 1640. The normalized spacial score (nSPS) is 10.6. The third kappa shape index (κ3) is 9.36. The van der Waals surface area contributed by atoms with Crippen LogP contribution in [-0.2, 0) is 9.59 Å². The quantitative estimate of drug-likeness (QED) is 0.0440. The number of nitrogens with zero attached hydrogens (tertiary/aromatic N) is 1. The average molecular weight is 658 g/mol. The second-order valence-corrected chi connectivity index (χ2v) is 10.3. The summed E-state index contributed by atoms with van der Waals surface area (Å²) < 4.78 is 11.9. The van der Waals surface area contributed by atoms with Crippen LogP contribution in [0.15, 0.2) is 107 Å². The third-order valence-corrected chi connectivity index (χ3v) is 6.58. The highest BCUT2D eigenvalue weighted by atomic mass is 79.9. The van der Waals surface area contributed by atoms with E-state index < -0.39 is 23.7 Å². The number of amides is 3. The average Bonchev–Trinajstić information content (AvgIpc) is 3.03. The summed E-state index contributed by atoms with van der Waals surface area (Å²) in [5.74, 6) is -2.00. The molecule has 0 aliphatic rings. The number of nitrogens with one attached hydrogen (secondary N) is 3. The van der Waals surface area contributed by atoms with Crippen LogP contribution in [-0.4, -0.2) is 36.5 Å². The van der Waals surface area contributed by atoms with Crippen molar-refractivity contribution in [2.45, 2.75) is 19.8 Å².